The summed E-state index contributed by atoms with van der Waals surface area (Å²) in [5, 5.41) is 0. The predicted octanol–water partition coefficient (Wildman–Crippen LogP) is 2.73. The summed E-state index contributed by atoms with van der Waals surface area (Å²) in [5.74, 6) is 6.16. The second kappa shape index (κ2) is 4.87. The Hall–Kier alpha value is -2.73. The van der Waals surface area contributed by atoms with Crippen molar-refractivity contribution in [1.82, 2.24) is 15.0 Å². The lowest BCUT2D eigenvalue weighted by Crippen LogP contribution is -1.86. The summed E-state index contributed by atoms with van der Waals surface area (Å²) in [6.45, 7) is 1.96. The molecule has 0 aliphatic carbocycles. The van der Waals surface area contributed by atoms with E-state index in [1.807, 2.05) is 43.3 Å². The molecule has 90 valence electrons. The molecule has 19 heavy (non-hydrogen) atoms. The molecule has 0 spiro atoms. The Labute approximate surface area is 111 Å². The van der Waals surface area contributed by atoms with Gasteiger partial charge in [0.25, 0.3) is 0 Å². The largest absolute Gasteiger partial charge is 0.253 e. The van der Waals surface area contributed by atoms with Gasteiger partial charge >= 0.3 is 0 Å². The number of hydrogen-bond donors (Lipinski definition) is 0. The van der Waals surface area contributed by atoms with Crippen molar-refractivity contribution in [1.29, 1.82) is 0 Å². The predicted molar refractivity (Wildman–Crippen MR) is 74.5 cm³/mol. The molecule has 0 saturated carbocycles. The Morgan fingerprint density at radius 1 is 0.895 bits per heavy atom. The minimum Gasteiger partial charge on any atom is -0.253 e. The van der Waals surface area contributed by atoms with Gasteiger partial charge < -0.3 is 0 Å². The summed E-state index contributed by atoms with van der Waals surface area (Å²) >= 11 is 0. The highest BCUT2D eigenvalue weighted by atomic mass is 14.8. The normalized spacial score (nSPS) is 9.95. The van der Waals surface area contributed by atoms with Gasteiger partial charge in [0.15, 0.2) is 0 Å². The Morgan fingerprint density at radius 2 is 1.74 bits per heavy atom. The van der Waals surface area contributed by atoms with Gasteiger partial charge in [-0.25, -0.2) is 4.98 Å². The van der Waals surface area contributed by atoms with E-state index in [0.717, 1.165) is 28.0 Å². The maximum atomic E-state index is 4.35. The van der Waals surface area contributed by atoms with Gasteiger partial charge in [-0.3, -0.25) is 9.97 Å². The molecule has 0 amide bonds. The zero-order valence-electron chi connectivity index (χ0n) is 10.5. The molecule has 3 rings (SSSR count). The van der Waals surface area contributed by atoms with Gasteiger partial charge in [0.2, 0.25) is 0 Å². The van der Waals surface area contributed by atoms with Crippen molar-refractivity contribution in [2.75, 3.05) is 0 Å². The minimum atomic E-state index is 0.777. The van der Waals surface area contributed by atoms with Crippen molar-refractivity contribution in [3.8, 4) is 11.8 Å². The smallest absolute Gasteiger partial charge is 0.113 e. The lowest BCUT2D eigenvalue weighted by Gasteiger charge is -1.96. The third kappa shape index (κ3) is 2.58. The molecule has 0 saturated heterocycles. The first-order valence-corrected chi connectivity index (χ1v) is 5.98. The summed E-state index contributed by atoms with van der Waals surface area (Å²) in [6, 6.07) is 11.6. The molecule has 3 heteroatoms. The van der Waals surface area contributed by atoms with Crippen LogP contribution in [0.2, 0.25) is 0 Å². The van der Waals surface area contributed by atoms with Gasteiger partial charge in [0, 0.05) is 23.7 Å². The van der Waals surface area contributed by atoms with Crippen molar-refractivity contribution < 1.29 is 0 Å². The monoisotopic (exact) mass is 245 g/mol. The number of aryl methyl sites for hydroxylation is 1. The standard InChI is InChI=1S/C16H11N3/c1-12-3-2-4-14(19-12)7-5-13-6-8-15-16(11-13)18-10-9-17-15/h2-4,6,8-11H,1H3. The van der Waals surface area contributed by atoms with Crippen molar-refractivity contribution >= 4 is 11.0 Å². The molecule has 0 radical (unpaired) electrons. The average Bonchev–Trinajstić information content (AvgIpc) is 2.45. The summed E-state index contributed by atoms with van der Waals surface area (Å²) in [6.07, 6.45) is 3.37. The summed E-state index contributed by atoms with van der Waals surface area (Å²) in [7, 11) is 0. The molecule has 0 unspecified atom stereocenters. The first-order valence-electron chi connectivity index (χ1n) is 5.98. The second-order valence-corrected chi connectivity index (χ2v) is 4.17. The fourth-order valence-electron chi connectivity index (χ4n) is 1.79. The molecule has 0 aliphatic rings. The molecule has 0 N–H and O–H groups in total. The van der Waals surface area contributed by atoms with Crippen LogP contribution >= 0.6 is 0 Å². The molecule has 0 aliphatic heterocycles. The second-order valence-electron chi connectivity index (χ2n) is 4.17. The maximum Gasteiger partial charge on any atom is 0.113 e. The fraction of sp³-hybridized carbons (Fsp3) is 0.0625. The van der Waals surface area contributed by atoms with E-state index in [0.29, 0.717) is 0 Å². The van der Waals surface area contributed by atoms with E-state index in [-0.39, 0.29) is 0 Å². The highest BCUT2D eigenvalue weighted by Crippen LogP contribution is 2.10. The molecular formula is C16H11N3. The van der Waals surface area contributed by atoms with Gasteiger partial charge in [0.1, 0.15) is 5.69 Å². The molecule has 2 aromatic heterocycles. The lowest BCUT2D eigenvalue weighted by atomic mass is 10.2. The van der Waals surface area contributed by atoms with Gasteiger partial charge in [0.05, 0.1) is 11.0 Å². The third-order valence-electron chi connectivity index (χ3n) is 2.69. The molecule has 0 atom stereocenters. The fourth-order valence-corrected chi connectivity index (χ4v) is 1.79. The average molecular weight is 245 g/mol. The minimum absolute atomic E-state index is 0.777. The van der Waals surface area contributed by atoms with E-state index in [4.69, 9.17) is 0 Å². The third-order valence-corrected chi connectivity index (χ3v) is 2.69. The number of benzene rings is 1. The maximum absolute atomic E-state index is 4.35. The molecule has 1 aromatic carbocycles. The van der Waals surface area contributed by atoms with Crippen molar-refractivity contribution in [2.45, 2.75) is 6.92 Å². The molecular weight excluding hydrogens is 234 g/mol. The molecule has 3 nitrogen and oxygen atoms in total. The summed E-state index contributed by atoms with van der Waals surface area (Å²) in [5.41, 5.74) is 4.39. The number of hydrogen-bond acceptors (Lipinski definition) is 3. The zero-order valence-corrected chi connectivity index (χ0v) is 10.5. The Bertz CT molecular complexity index is 797. The Morgan fingerprint density at radius 3 is 2.58 bits per heavy atom. The number of aromatic nitrogens is 3. The highest BCUT2D eigenvalue weighted by molar-refractivity contribution is 5.75. The van der Waals surface area contributed by atoms with E-state index >= 15 is 0 Å². The van der Waals surface area contributed by atoms with E-state index in [2.05, 4.69) is 26.8 Å². The van der Waals surface area contributed by atoms with Crippen LogP contribution in [0.1, 0.15) is 17.0 Å². The van der Waals surface area contributed by atoms with Crippen LogP contribution in [0.25, 0.3) is 11.0 Å². The van der Waals surface area contributed by atoms with Crippen molar-refractivity contribution in [2.24, 2.45) is 0 Å². The van der Waals surface area contributed by atoms with Crippen LogP contribution in [0, 0.1) is 18.8 Å². The SMILES string of the molecule is Cc1cccc(C#Cc2ccc3nccnc3c2)n1. The van der Waals surface area contributed by atoms with Gasteiger partial charge in [-0.05, 0) is 43.2 Å². The Kier molecular flexibility index (Phi) is 2.91. The number of fused-ring (bicyclic) bond motifs is 1. The van der Waals surface area contributed by atoms with Gasteiger partial charge in [-0.15, -0.1) is 0 Å². The first kappa shape index (κ1) is 11.4. The van der Waals surface area contributed by atoms with Crippen LogP contribution < -0.4 is 0 Å². The summed E-state index contributed by atoms with van der Waals surface area (Å²) in [4.78, 5) is 12.8. The topological polar surface area (TPSA) is 38.7 Å². The molecule has 3 aromatic rings. The van der Waals surface area contributed by atoms with E-state index < -0.39 is 0 Å². The van der Waals surface area contributed by atoms with Crippen LogP contribution in [-0.4, -0.2) is 15.0 Å². The van der Waals surface area contributed by atoms with Crippen molar-refractivity contribution in [3.63, 3.8) is 0 Å². The van der Waals surface area contributed by atoms with Crippen LogP contribution in [0.3, 0.4) is 0 Å². The molecule has 0 bridgehead atoms. The van der Waals surface area contributed by atoms with Crippen LogP contribution in [-0.2, 0) is 0 Å². The van der Waals surface area contributed by atoms with E-state index in [1.165, 1.54) is 0 Å². The quantitative estimate of drug-likeness (QED) is 0.572. The molecule has 2 heterocycles. The van der Waals surface area contributed by atoms with Gasteiger partial charge in [-0.1, -0.05) is 12.0 Å². The van der Waals surface area contributed by atoms with Crippen LogP contribution in [0.5, 0.6) is 0 Å². The highest BCUT2D eigenvalue weighted by Gasteiger charge is 1.95. The number of nitrogens with zero attached hydrogens (tertiary/aromatic N) is 3. The molecule has 0 fully saturated rings. The number of pyridine rings is 1. The zero-order chi connectivity index (χ0) is 13.1. The summed E-state index contributed by atoms with van der Waals surface area (Å²) < 4.78 is 0. The van der Waals surface area contributed by atoms with Crippen LogP contribution in [0.15, 0.2) is 48.8 Å². The van der Waals surface area contributed by atoms with E-state index in [9.17, 15) is 0 Å². The van der Waals surface area contributed by atoms with Crippen molar-refractivity contribution in [3.05, 3.63) is 65.7 Å². The van der Waals surface area contributed by atoms with Crippen LogP contribution in [0.4, 0.5) is 0 Å². The lowest BCUT2D eigenvalue weighted by molar-refractivity contribution is 1.18. The Balaban J connectivity index is 1.98. The first-order chi connectivity index (χ1) is 9.31. The number of rotatable bonds is 0. The van der Waals surface area contributed by atoms with Gasteiger partial charge in [-0.2, -0.15) is 0 Å². The van der Waals surface area contributed by atoms with E-state index in [1.54, 1.807) is 12.4 Å².